The van der Waals surface area contributed by atoms with Gasteiger partial charge >= 0.3 is 5.97 Å². The first-order chi connectivity index (χ1) is 14.0. The number of rotatable bonds is 8. The predicted molar refractivity (Wildman–Crippen MR) is 107 cm³/mol. The predicted octanol–water partition coefficient (Wildman–Crippen LogP) is 0.787. The lowest BCUT2D eigenvalue weighted by molar-refractivity contribution is -0.155. The van der Waals surface area contributed by atoms with Crippen LogP contribution in [0.3, 0.4) is 0 Å². The van der Waals surface area contributed by atoms with E-state index < -0.39 is 36.3 Å². The summed E-state index contributed by atoms with van der Waals surface area (Å²) in [7, 11) is 4.56. The number of likely N-dealkylation sites (N-methyl/N-ethyl adjacent to an activating group) is 2. The fourth-order valence-corrected chi connectivity index (χ4v) is 3.02. The molecule has 1 aliphatic rings. The van der Waals surface area contributed by atoms with Crippen molar-refractivity contribution in [1.29, 1.82) is 0 Å². The first kappa shape index (κ1) is 23.1. The Labute approximate surface area is 175 Å². The molecular weight excluding hydrogens is 390 g/mol. The smallest absolute Gasteiger partial charge is 0.329 e. The van der Waals surface area contributed by atoms with Gasteiger partial charge in [0.1, 0.15) is 6.04 Å². The molecule has 0 radical (unpaired) electrons. The molecule has 2 rings (SSSR count). The average Bonchev–Trinajstić information content (AvgIpc) is 2.94. The van der Waals surface area contributed by atoms with E-state index in [0.717, 1.165) is 9.80 Å². The van der Waals surface area contributed by atoms with Crippen LogP contribution in [0.15, 0.2) is 24.3 Å². The number of benzene rings is 1. The molecule has 30 heavy (non-hydrogen) atoms. The largest absolute Gasteiger partial charge is 0.454 e. The second-order valence-corrected chi connectivity index (χ2v) is 7.82. The van der Waals surface area contributed by atoms with Crippen molar-refractivity contribution in [2.45, 2.75) is 26.3 Å². The van der Waals surface area contributed by atoms with Crippen LogP contribution in [0.2, 0.25) is 0 Å². The highest BCUT2D eigenvalue weighted by Gasteiger charge is 2.43. The number of fused-ring (bicyclic) bond motifs is 1. The van der Waals surface area contributed by atoms with Gasteiger partial charge in [-0.2, -0.15) is 0 Å². The van der Waals surface area contributed by atoms with Crippen LogP contribution < -0.4 is 0 Å². The highest BCUT2D eigenvalue weighted by molar-refractivity contribution is 6.22. The molecule has 0 aliphatic carbocycles. The molecule has 0 saturated carbocycles. The molecule has 1 aromatic carbocycles. The van der Waals surface area contributed by atoms with Gasteiger partial charge in [0.15, 0.2) is 6.61 Å². The fourth-order valence-electron chi connectivity index (χ4n) is 3.02. The molecule has 1 heterocycles. The lowest BCUT2D eigenvalue weighted by Gasteiger charge is -2.26. The molecule has 0 aromatic heterocycles. The summed E-state index contributed by atoms with van der Waals surface area (Å²) in [4.78, 5) is 65.6. The first-order valence-corrected chi connectivity index (χ1v) is 9.62. The number of carbonyl (C=O) groups is 5. The van der Waals surface area contributed by atoms with E-state index in [2.05, 4.69) is 0 Å². The van der Waals surface area contributed by atoms with E-state index in [1.54, 1.807) is 26.2 Å². The molecule has 0 bridgehead atoms. The molecular formula is C21H27N3O6. The monoisotopic (exact) mass is 417 g/mol. The Hall–Kier alpha value is -3.23. The number of carbonyl (C=O) groups excluding carboxylic acids is 5. The molecule has 4 amide bonds. The average molecular weight is 417 g/mol. The van der Waals surface area contributed by atoms with Crippen molar-refractivity contribution < 1.29 is 28.7 Å². The summed E-state index contributed by atoms with van der Waals surface area (Å²) in [6, 6.07) is 5.22. The van der Waals surface area contributed by atoms with Crippen molar-refractivity contribution >= 4 is 29.6 Å². The summed E-state index contributed by atoms with van der Waals surface area (Å²) in [5.74, 6) is -2.80. The van der Waals surface area contributed by atoms with Gasteiger partial charge in [0.2, 0.25) is 5.91 Å². The van der Waals surface area contributed by atoms with Crippen molar-refractivity contribution in [1.82, 2.24) is 14.7 Å². The lowest BCUT2D eigenvalue weighted by atomic mass is 10.0. The van der Waals surface area contributed by atoms with Crippen LogP contribution in [0.5, 0.6) is 0 Å². The Kier molecular flexibility index (Phi) is 7.31. The van der Waals surface area contributed by atoms with Crippen LogP contribution in [-0.2, 0) is 19.1 Å². The third kappa shape index (κ3) is 5.03. The van der Waals surface area contributed by atoms with Gasteiger partial charge in [-0.3, -0.25) is 24.1 Å². The van der Waals surface area contributed by atoms with Crippen molar-refractivity contribution in [2.24, 2.45) is 5.92 Å². The maximum absolute atomic E-state index is 12.8. The van der Waals surface area contributed by atoms with Gasteiger partial charge in [0, 0.05) is 21.1 Å². The molecule has 9 heteroatoms. The molecule has 162 valence electrons. The van der Waals surface area contributed by atoms with E-state index in [4.69, 9.17) is 4.74 Å². The Balaban J connectivity index is 2.10. The molecule has 9 nitrogen and oxygen atoms in total. The summed E-state index contributed by atoms with van der Waals surface area (Å²) in [6.07, 6.45) is 0.202. The molecule has 0 saturated heterocycles. The topological polar surface area (TPSA) is 104 Å². The minimum absolute atomic E-state index is 0.0112. The molecule has 0 fully saturated rings. The third-order valence-corrected chi connectivity index (χ3v) is 4.74. The summed E-state index contributed by atoms with van der Waals surface area (Å²) in [5.41, 5.74) is 0.476. The van der Waals surface area contributed by atoms with Crippen LogP contribution in [0, 0.1) is 5.92 Å². The van der Waals surface area contributed by atoms with E-state index >= 15 is 0 Å². The molecule has 0 unspecified atom stereocenters. The summed E-state index contributed by atoms with van der Waals surface area (Å²) < 4.78 is 5.14. The van der Waals surface area contributed by atoms with Gasteiger partial charge in [-0.1, -0.05) is 26.0 Å². The number of esters is 1. The van der Waals surface area contributed by atoms with Gasteiger partial charge in [-0.05, 0) is 24.5 Å². The zero-order chi connectivity index (χ0) is 22.6. The zero-order valence-corrected chi connectivity index (χ0v) is 17.9. The quantitative estimate of drug-likeness (QED) is 0.457. The number of ether oxygens (including phenoxy) is 1. The van der Waals surface area contributed by atoms with E-state index in [1.165, 1.54) is 24.1 Å². The SMILES string of the molecule is CC(C)C[C@@H](C(=O)OCC(=O)N(C)CC(=O)N(C)C)N1C(=O)c2ccccc2C1=O. The van der Waals surface area contributed by atoms with Crippen molar-refractivity contribution in [3.05, 3.63) is 35.4 Å². The molecule has 1 aliphatic heterocycles. The van der Waals surface area contributed by atoms with Crippen molar-refractivity contribution in [3.63, 3.8) is 0 Å². The number of hydrogen-bond donors (Lipinski definition) is 0. The molecule has 1 aromatic rings. The van der Waals surface area contributed by atoms with E-state index in [0.29, 0.717) is 0 Å². The summed E-state index contributed by atoms with van der Waals surface area (Å²) in [6.45, 7) is 2.96. The maximum atomic E-state index is 12.8. The minimum Gasteiger partial charge on any atom is -0.454 e. The van der Waals surface area contributed by atoms with E-state index in [-0.39, 0.29) is 35.9 Å². The van der Waals surface area contributed by atoms with Crippen molar-refractivity contribution in [2.75, 3.05) is 34.3 Å². The number of nitrogens with zero attached hydrogens (tertiary/aromatic N) is 3. The van der Waals surface area contributed by atoms with Gasteiger partial charge < -0.3 is 14.5 Å². The Morgan fingerprint density at radius 1 is 0.967 bits per heavy atom. The van der Waals surface area contributed by atoms with E-state index in [9.17, 15) is 24.0 Å². The van der Waals surface area contributed by atoms with Crippen LogP contribution in [-0.4, -0.2) is 84.6 Å². The molecule has 0 N–H and O–H groups in total. The van der Waals surface area contributed by atoms with Gasteiger partial charge in [-0.15, -0.1) is 0 Å². The van der Waals surface area contributed by atoms with Gasteiger partial charge in [-0.25, -0.2) is 4.79 Å². The van der Waals surface area contributed by atoms with Crippen LogP contribution in [0.1, 0.15) is 41.0 Å². The highest BCUT2D eigenvalue weighted by atomic mass is 16.5. The highest BCUT2D eigenvalue weighted by Crippen LogP contribution is 2.27. The normalized spacial score (nSPS) is 13.9. The number of imide groups is 1. The van der Waals surface area contributed by atoms with Crippen LogP contribution in [0.25, 0.3) is 0 Å². The number of amides is 4. The maximum Gasteiger partial charge on any atom is 0.329 e. The minimum atomic E-state index is -1.14. The van der Waals surface area contributed by atoms with Crippen LogP contribution >= 0.6 is 0 Å². The summed E-state index contributed by atoms with van der Waals surface area (Å²) in [5, 5.41) is 0. The second kappa shape index (κ2) is 9.51. The Morgan fingerprint density at radius 3 is 1.97 bits per heavy atom. The standard InChI is InChI=1S/C21H27N3O6/c1-13(2)10-16(24-19(27)14-8-6-7-9-15(14)20(24)28)21(29)30-12-18(26)23(5)11-17(25)22(3)4/h6-9,13,16H,10-12H2,1-5H3/t16-/m0/s1. The Morgan fingerprint density at radius 2 is 1.50 bits per heavy atom. The van der Waals surface area contributed by atoms with Crippen molar-refractivity contribution in [3.8, 4) is 0 Å². The van der Waals surface area contributed by atoms with Crippen LogP contribution in [0.4, 0.5) is 0 Å². The fraction of sp³-hybridized carbons (Fsp3) is 0.476. The van der Waals surface area contributed by atoms with Gasteiger partial charge in [0.25, 0.3) is 17.7 Å². The number of hydrogen-bond acceptors (Lipinski definition) is 6. The van der Waals surface area contributed by atoms with E-state index in [1.807, 2.05) is 13.8 Å². The first-order valence-electron chi connectivity index (χ1n) is 9.62. The Bertz CT molecular complexity index is 829. The summed E-state index contributed by atoms with van der Waals surface area (Å²) >= 11 is 0. The second-order valence-electron chi connectivity index (χ2n) is 7.82. The zero-order valence-electron chi connectivity index (χ0n) is 17.9. The molecule has 0 spiro atoms. The lowest BCUT2D eigenvalue weighted by Crippen LogP contribution is -2.47. The molecule has 1 atom stereocenters. The van der Waals surface area contributed by atoms with Gasteiger partial charge in [0.05, 0.1) is 17.7 Å². The third-order valence-electron chi connectivity index (χ3n) is 4.74.